The third-order valence-electron chi connectivity index (χ3n) is 3.93. The second kappa shape index (κ2) is 7.65. The molecule has 1 rings (SSSR count). The lowest BCUT2D eigenvalue weighted by Crippen LogP contribution is -2.42. The van der Waals surface area contributed by atoms with Crippen LogP contribution in [0.25, 0.3) is 0 Å². The molecule has 1 aromatic heterocycles. The van der Waals surface area contributed by atoms with Gasteiger partial charge in [0, 0.05) is 21.8 Å². The van der Waals surface area contributed by atoms with Crippen LogP contribution in [0.2, 0.25) is 0 Å². The number of carbonyl (C=O) groups is 1. The fourth-order valence-electron chi connectivity index (χ4n) is 2.23. The summed E-state index contributed by atoms with van der Waals surface area (Å²) < 4.78 is 4.68. The maximum absolute atomic E-state index is 11.2. The van der Waals surface area contributed by atoms with E-state index >= 15 is 0 Å². The van der Waals surface area contributed by atoms with Crippen molar-refractivity contribution in [2.24, 2.45) is 0 Å². The van der Waals surface area contributed by atoms with Crippen molar-refractivity contribution in [3.05, 3.63) is 21.9 Å². The Morgan fingerprint density at radius 1 is 1.21 bits per heavy atom. The molecule has 1 aromatic rings. The molecule has 0 spiro atoms. The van der Waals surface area contributed by atoms with Crippen molar-refractivity contribution in [3.8, 4) is 0 Å². The molecule has 0 aliphatic rings. The fourth-order valence-corrected chi connectivity index (χ4v) is 3.17. The average Bonchev–Trinajstić information content (AvgIpc) is 2.88. The van der Waals surface area contributed by atoms with Crippen LogP contribution in [0.1, 0.15) is 49.8 Å². The third-order valence-corrected chi connectivity index (χ3v) is 5.02. The van der Waals surface area contributed by atoms with Crippen LogP contribution in [-0.2, 0) is 22.5 Å². The Balaban J connectivity index is 2.56. The lowest BCUT2D eigenvalue weighted by atomic mass is 9.90. The summed E-state index contributed by atoms with van der Waals surface area (Å²) in [6.45, 7) is 7.58. The van der Waals surface area contributed by atoms with Crippen molar-refractivity contribution in [2.75, 3.05) is 7.11 Å². The summed E-state index contributed by atoms with van der Waals surface area (Å²) in [6, 6.07) is 4.12. The van der Waals surface area contributed by atoms with Crippen LogP contribution in [0.5, 0.6) is 0 Å². The molecule has 0 radical (unpaired) electrons. The molecule has 0 fully saturated rings. The maximum atomic E-state index is 11.2. The molecule has 0 aliphatic carbocycles. The molecule has 0 saturated carbocycles. The number of nitrogens with one attached hydrogen (secondary N) is 1. The van der Waals surface area contributed by atoms with Crippen LogP contribution in [0.4, 0.5) is 0 Å². The number of carbonyl (C=O) groups excluding carboxylic acids is 1. The summed E-state index contributed by atoms with van der Waals surface area (Å²) in [5.41, 5.74) is 0.243. The van der Waals surface area contributed by atoms with Crippen LogP contribution >= 0.6 is 11.3 Å². The number of methoxy groups -OCH3 is 1. The standard InChI is InChI=1S/C15H25NO2S/c1-5-15(6-2,7-3)16-11-13-9-8-12(19-13)10-14(17)18-4/h8-9,16H,5-7,10-11H2,1-4H3. The number of thiophene rings is 1. The van der Waals surface area contributed by atoms with Gasteiger partial charge >= 0.3 is 5.97 Å². The van der Waals surface area contributed by atoms with Crippen molar-refractivity contribution < 1.29 is 9.53 Å². The first-order chi connectivity index (χ1) is 9.09. The van der Waals surface area contributed by atoms with E-state index in [4.69, 9.17) is 0 Å². The predicted molar refractivity (Wildman–Crippen MR) is 80.5 cm³/mol. The van der Waals surface area contributed by atoms with Crippen molar-refractivity contribution in [3.63, 3.8) is 0 Å². The zero-order valence-corrected chi connectivity index (χ0v) is 13.2. The first-order valence-electron chi connectivity index (χ1n) is 6.98. The van der Waals surface area contributed by atoms with Crippen molar-refractivity contribution in [2.45, 2.75) is 58.5 Å². The first kappa shape index (κ1) is 16.2. The highest BCUT2D eigenvalue weighted by Gasteiger charge is 2.22. The Morgan fingerprint density at radius 2 is 1.79 bits per heavy atom. The van der Waals surface area contributed by atoms with Gasteiger partial charge in [-0.2, -0.15) is 0 Å². The normalized spacial score (nSPS) is 11.6. The van der Waals surface area contributed by atoms with Gasteiger partial charge < -0.3 is 10.1 Å². The van der Waals surface area contributed by atoms with Gasteiger partial charge in [0.05, 0.1) is 13.5 Å². The summed E-state index contributed by atoms with van der Waals surface area (Å²) in [7, 11) is 1.43. The van der Waals surface area contributed by atoms with Gasteiger partial charge in [-0.25, -0.2) is 0 Å². The van der Waals surface area contributed by atoms with Crippen molar-refractivity contribution in [1.29, 1.82) is 0 Å². The first-order valence-corrected chi connectivity index (χ1v) is 7.80. The summed E-state index contributed by atoms with van der Waals surface area (Å²) in [6.07, 6.45) is 3.79. The zero-order chi connectivity index (χ0) is 14.3. The van der Waals surface area contributed by atoms with E-state index in [0.717, 1.165) is 30.7 Å². The lowest BCUT2D eigenvalue weighted by Gasteiger charge is -2.31. The van der Waals surface area contributed by atoms with Crippen LogP contribution in [0.15, 0.2) is 12.1 Å². The van der Waals surface area contributed by atoms with Gasteiger partial charge in [0.1, 0.15) is 0 Å². The molecule has 1 heterocycles. The molecule has 0 unspecified atom stereocenters. The largest absolute Gasteiger partial charge is 0.469 e. The van der Waals surface area contributed by atoms with Gasteiger partial charge in [0.2, 0.25) is 0 Å². The average molecular weight is 283 g/mol. The fraction of sp³-hybridized carbons (Fsp3) is 0.667. The Hall–Kier alpha value is -0.870. The molecule has 0 amide bonds. The van der Waals surface area contributed by atoms with Crippen LogP contribution in [-0.4, -0.2) is 18.6 Å². The molecule has 0 atom stereocenters. The van der Waals surface area contributed by atoms with Crippen LogP contribution in [0, 0.1) is 0 Å². The van der Waals surface area contributed by atoms with Gasteiger partial charge in [-0.1, -0.05) is 20.8 Å². The third kappa shape index (κ3) is 4.62. The Morgan fingerprint density at radius 3 is 2.32 bits per heavy atom. The summed E-state index contributed by atoms with van der Waals surface area (Å²) in [5.74, 6) is -0.175. The summed E-state index contributed by atoms with van der Waals surface area (Å²) in [4.78, 5) is 13.6. The van der Waals surface area contributed by atoms with Crippen LogP contribution in [0.3, 0.4) is 0 Å². The highest BCUT2D eigenvalue weighted by Crippen LogP contribution is 2.22. The SMILES string of the molecule is CCC(CC)(CC)NCc1ccc(CC(=O)OC)s1. The molecule has 19 heavy (non-hydrogen) atoms. The number of ether oxygens (including phenoxy) is 1. The number of hydrogen-bond acceptors (Lipinski definition) is 4. The zero-order valence-electron chi connectivity index (χ0n) is 12.4. The minimum Gasteiger partial charge on any atom is -0.469 e. The van der Waals surface area contributed by atoms with E-state index in [1.807, 2.05) is 6.07 Å². The molecule has 1 N–H and O–H groups in total. The van der Waals surface area contributed by atoms with Gasteiger partial charge in [0.25, 0.3) is 0 Å². The van der Waals surface area contributed by atoms with E-state index in [2.05, 4.69) is 36.9 Å². The molecule has 3 nitrogen and oxygen atoms in total. The Labute approximate surface area is 120 Å². The molecule has 0 aliphatic heterocycles. The lowest BCUT2D eigenvalue weighted by molar-refractivity contribution is -0.139. The molecular weight excluding hydrogens is 258 g/mol. The predicted octanol–water partition coefficient (Wildman–Crippen LogP) is 3.52. The van der Waals surface area contributed by atoms with Crippen molar-refractivity contribution >= 4 is 17.3 Å². The highest BCUT2D eigenvalue weighted by atomic mass is 32.1. The van der Waals surface area contributed by atoms with E-state index in [-0.39, 0.29) is 11.5 Å². The molecule has 4 heteroatoms. The molecule has 108 valence electrons. The minimum absolute atomic E-state index is 0.175. The number of esters is 1. The second-order valence-corrected chi connectivity index (χ2v) is 6.07. The van der Waals surface area contributed by atoms with E-state index in [0.29, 0.717) is 6.42 Å². The van der Waals surface area contributed by atoms with Crippen molar-refractivity contribution in [1.82, 2.24) is 5.32 Å². The monoisotopic (exact) mass is 283 g/mol. The van der Waals surface area contributed by atoms with E-state index < -0.39 is 0 Å². The Kier molecular flexibility index (Phi) is 6.52. The van der Waals surface area contributed by atoms with Gasteiger partial charge in [0.15, 0.2) is 0 Å². The van der Waals surface area contributed by atoms with E-state index in [1.54, 1.807) is 11.3 Å². The van der Waals surface area contributed by atoms with Gasteiger partial charge in [-0.15, -0.1) is 11.3 Å². The van der Waals surface area contributed by atoms with Gasteiger partial charge in [-0.05, 0) is 31.4 Å². The molecule has 0 bridgehead atoms. The highest BCUT2D eigenvalue weighted by molar-refractivity contribution is 7.12. The van der Waals surface area contributed by atoms with Gasteiger partial charge in [-0.3, -0.25) is 4.79 Å². The Bertz CT molecular complexity index is 388. The van der Waals surface area contributed by atoms with E-state index in [9.17, 15) is 4.79 Å². The topological polar surface area (TPSA) is 38.3 Å². The summed E-state index contributed by atoms with van der Waals surface area (Å²) >= 11 is 1.69. The molecule has 0 saturated heterocycles. The quantitative estimate of drug-likeness (QED) is 0.742. The second-order valence-electron chi connectivity index (χ2n) is 4.82. The number of rotatable bonds is 8. The number of hydrogen-bond donors (Lipinski definition) is 1. The van der Waals surface area contributed by atoms with Crippen LogP contribution < -0.4 is 5.32 Å². The summed E-state index contributed by atoms with van der Waals surface area (Å²) in [5, 5.41) is 3.67. The van der Waals surface area contributed by atoms with E-state index in [1.165, 1.54) is 12.0 Å². The smallest absolute Gasteiger partial charge is 0.310 e. The molecule has 0 aromatic carbocycles. The molecular formula is C15H25NO2S. The minimum atomic E-state index is -0.175. The maximum Gasteiger partial charge on any atom is 0.310 e.